The zero-order chi connectivity index (χ0) is 13.9. The van der Waals surface area contributed by atoms with Crippen LogP contribution in [0.4, 0.5) is 11.4 Å². The van der Waals surface area contributed by atoms with Gasteiger partial charge in [0.25, 0.3) is 5.69 Å². The SMILES string of the molecule is CC(C)CC(C(=O)O)c1cc([N+](=O)[O-])ccc1N. The molecule has 0 aliphatic carbocycles. The number of rotatable bonds is 5. The minimum Gasteiger partial charge on any atom is -0.481 e. The second kappa shape index (κ2) is 5.48. The minimum atomic E-state index is -1.02. The van der Waals surface area contributed by atoms with Gasteiger partial charge in [0.2, 0.25) is 0 Å². The van der Waals surface area contributed by atoms with Gasteiger partial charge in [-0.05, 0) is 24.0 Å². The molecule has 0 aliphatic rings. The molecule has 0 radical (unpaired) electrons. The number of nitrogens with zero attached hydrogens (tertiary/aromatic N) is 1. The summed E-state index contributed by atoms with van der Waals surface area (Å²) in [4.78, 5) is 21.4. The predicted molar refractivity (Wildman–Crippen MR) is 67.3 cm³/mol. The van der Waals surface area contributed by atoms with Gasteiger partial charge in [0.1, 0.15) is 0 Å². The minimum absolute atomic E-state index is 0.144. The monoisotopic (exact) mass is 252 g/mol. The third-order valence-corrected chi connectivity index (χ3v) is 2.66. The van der Waals surface area contributed by atoms with Gasteiger partial charge in [0.15, 0.2) is 0 Å². The molecule has 0 fully saturated rings. The first-order chi connectivity index (χ1) is 8.32. The van der Waals surface area contributed by atoms with Gasteiger partial charge in [-0.1, -0.05) is 13.8 Å². The molecule has 6 nitrogen and oxygen atoms in total. The Kier molecular flexibility index (Phi) is 4.25. The first kappa shape index (κ1) is 14.0. The van der Waals surface area contributed by atoms with Crippen LogP contribution in [0.3, 0.4) is 0 Å². The van der Waals surface area contributed by atoms with E-state index in [0.717, 1.165) is 0 Å². The van der Waals surface area contributed by atoms with Crippen LogP contribution in [0.1, 0.15) is 31.7 Å². The Morgan fingerprint density at radius 3 is 2.56 bits per heavy atom. The predicted octanol–water partition coefficient (Wildman–Crippen LogP) is 2.39. The number of hydrogen-bond acceptors (Lipinski definition) is 4. The summed E-state index contributed by atoms with van der Waals surface area (Å²) in [6.45, 7) is 3.78. The highest BCUT2D eigenvalue weighted by molar-refractivity contribution is 5.79. The van der Waals surface area contributed by atoms with E-state index in [-0.39, 0.29) is 17.3 Å². The van der Waals surface area contributed by atoms with Crippen molar-refractivity contribution in [1.29, 1.82) is 0 Å². The lowest BCUT2D eigenvalue weighted by Crippen LogP contribution is -2.16. The van der Waals surface area contributed by atoms with Crippen molar-refractivity contribution >= 4 is 17.3 Å². The van der Waals surface area contributed by atoms with Gasteiger partial charge in [0.05, 0.1) is 10.8 Å². The van der Waals surface area contributed by atoms with Gasteiger partial charge >= 0.3 is 5.97 Å². The highest BCUT2D eigenvalue weighted by Gasteiger charge is 2.25. The molecule has 1 unspecified atom stereocenters. The topological polar surface area (TPSA) is 106 Å². The fourth-order valence-electron chi connectivity index (χ4n) is 1.81. The molecule has 1 rings (SSSR count). The summed E-state index contributed by atoms with van der Waals surface area (Å²) in [6, 6.07) is 3.90. The zero-order valence-electron chi connectivity index (χ0n) is 10.3. The molecule has 0 amide bonds. The standard InChI is InChI=1S/C12H16N2O4/c1-7(2)5-10(12(15)16)9-6-8(14(17)18)3-4-11(9)13/h3-4,6-7,10H,5,13H2,1-2H3,(H,15,16). The molecule has 98 valence electrons. The van der Waals surface area contributed by atoms with Crippen LogP contribution in [0.15, 0.2) is 18.2 Å². The summed E-state index contributed by atoms with van der Waals surface area (Å²) in [7, 11) is 0. The Morgan fingerprint density at radius 2 is 2.11 bits per heavy atom. The molecule has 1 aromatic carbocycles. The molecule has 0 heterocycles. The summed E-state index contributed by atoms with van der Waals surface area (Å²) in [5.74, 6) is -1.68. The third-order valence-electron chi connectivity index (χ3n) is 2.66. The molecule has 6 heteroatoms. The number of carboxylic acid groups (broad SMARTS) is 1. The Balaban J connectivity index is 3.22. The van der Waals surface area contributed by atoms with E-state index in [1.807, 2.05) is 13.8 Å². The highest BCUT2D eigenvalue weighted by atomic mass is 16.6. The fourth-order valence-corrected chi connectivity index (χ4v) is 1.81. The average Bonchev–Trinajstić information content (AvgIpc) is 2.26. The Morgan fingerprint density at radius 1 is 1.50 bits per heavy atom. The normalized spacial score (nSPS) is 12.4. The number of benzene rings is 1. The van der Waals surface area contributed by atoms with Gasteiger partial charge in [-0.3, -0.25) is 14.9 Å². The Labute approximate surface area is 105 Å². The van der Waals surface area contributed by atoms with Crippen molar-refractivity contribution in [2.45, 2.75) is 26.2 Å². The third kappa shape index (κ3) is 3.19. The number of non-ortho nitro benzene ring substituents is 1. The molecule has 0 saturated heterocycles. The lowest BCUT2D eigenvalue weighted by Gasteiger charge is -2.16. The van der Waals surface area contributed by atoms with Crippen LogP contribution in [-0.2, 0) is 4.79 Å². The summed E-state index contributed by atoms with van der Waals surface area (Å²) in [6.07, 6.45) is 0.390. The zero-order valence-corrected chi connectivity index (χ0v) is 10.3. The maximum absolute atomic E-state index is 11.2. The first-order valence-electron chi connectivity index (χ1n) is 5.59. The average molecular weight is 252 g/mol. The number of nitro groups is 1. The number of anilines is 1. The molecular weight excluding hydrogens is 236 g/mol. The maximum Gasteiger partial charge on any atom is 0.311 e. The van der Waals surface area contributed by atoms with Gasteiger partial charge in [-0.25, -0.2) is 0 Å². The second-order valence-corrected chi connectivity index (χ2v) is 4.59. The van der Waals surface area contributed by atoms with Crippen LogP contribution >= 0.6 is 0 Å². The van der Waals surface area contributed by atoms with Gasteiger partial charge in [0, 0.05) is 17.8 Å². The van der Waals surface area contributed by atoms with Crippen molar-refractivity contribution in [1.82, 2.24) is 0 Å². The van der Waals surface area contributed by atoms with Gasteiger partial charge in [-0.2, -0.15) is 0 Å². The molecule has 0 spiro atoms. The van der Waals surface area contributed by atoms with Gasteiger partial charge < -0.3 is 10.8 Å². The lowest BCUT2D eigenvalue weighted by atomic mass is 9.89. The van der Waals surface area contributed by atoms with E-state index < -0.39 is 16.8 Å². The number of aliphatic carboxylic acids is 1. The molecule has 0 aromatic heterocycles. The molecule has 0 bridgehead atoms. The number of carbonyl (C=O) groups is 1. The van der Waals surface area contributed by atoms with Crippen LogP contribution in [0.2, 0.25) is 0 Å². The van der Waals surface area contributed by atoms with Crippen molar-refractivity contribution in [2.24, 2.45) is 5.92 Å². The fraction of sp³-hybridized carbons (Fsp3) is 0.417. The van der Waals surface area contributed by atoms with E-state index in [1.165, 1.54) is 18.2 Å². The first-order valence-corrected chi connectivity index (χ1v) is 5.59. The largest absolute Gasteiger partial charge is 0.481 e. The lowest BCUT2D eigenvalue weighted by molar-refractivity contribution is -0.384. The van der Waals surface area contributed by atoms with E-state index in [1.54, 1.807) is 0 Å². The van der Waals surface area contributed by atoms with Crippen molar-refractivity contribution in [3.05, 3.63) is 33.9 Å². The quantitative estimate of drug-likeness (QED) is 0.475. The number of nitrogen functional groups attached to an aromatic ring is 1. The molecule has 1 aromatic rings. The Hall–Kier alpha value is -2.11. The van der Waals surface area contributed by atoms with Crippen molar-refractivity contribution in [2.75, 3.05) is 5.73 Å². The number of nitrogens with two attached hydrogens (primary N) is 1. The van der Waals surface area contributed by atoms with E-state index in [4.69, 9.17) is 5.73 Å². The van der Waals surface area contributed by atoms with Crippen LogP contribution < -0.4 is 5.73 Å². The number of nitro benzene ring substituents is 1. The van der Waals surface area contributed by atoms with Gasteiger partial charge in [-0.15, -0.1) is 0 Å². The smallest absolute Gasteiger partial charge is 0.311 e. The van der Waals surface area contributed by atoms with Crippen LogP contribution in [0.25, 0.3) is 0 Å². The second-order valence-electron chi connectivity index (χ2n) is 4.59. The highest BCUT2D eigenvalue weighted by Crippen LogP contribution is 2.31. The van der Waals surface area contributed by atoms with E-state index in [9.17, 15) is 20.0 Å². The van der Waals surface area contributed by atoms with Crippen LogP contribution in [0.5, 0.6) is 0 Å². The van der Waals surface area contributed by atoms with E-state index in [2.05, 4.69) is 0 Å². The molecule has 18 heavy (non-hydrogen) atoms. The van der Waals surface area contributed by atoms with E-state index >= 15 is 0 Å². The van der Waals surface area contributed by atoms with Crippen LogP contribution in [-0.4, -0.2) is 16.0 Å². The molecule has 0 saturated carbocycles. The molecule has 1 atom stereocenters. The maximum atomic E-state index is 11.2. The summed E-state index contributed by atoms with van der Waals surface area (Å²) >= 11 is 0. The summed E-state index contributed by atoms with van der Waals surface area (Å²) in [5.41, 5.74) is 6.16. The number of carboxylic acids is 1. The van der Waals surface area contributed by atoms with Crippen LogP contribution in [0, 0.1) is 16.0 Å². The molecule has 0 aliphatic heterocycles. The van der Waals surface area contributed by atoms with E-state index in [0.29, 0.717) is 12.0 Å². The summed E-state index contributed by atoms with van der Waals surface area (Å²) < 4.78 is 0. The van der Waals surface area contributed by atoms with Crippen molar-refractivity contribution in [3.63, 3.8) is 0 Å². The molecular formula is C12H16N2O4. The molecule has 3 N–H and O–H groups in total. The number of hydrogen-bond donors (Lipinski definition) is 2. The van der Waals surface area contributed by atoms with Crippen molar-refractivity contribution in [3.8, 4) is 0 Å². The Bertz CT molecular complexity index is 471. The summed E-state index contributed by atoms with van der Waals surface area (Å²) in [5, 5.41) is 19.9. The van der Waals surface area contributed by atoms with Crippen molar-refractivity contribution < 1.29 is 14.8 Å².